The Hall–Kier alpha value is -4.86. The van der Waals surface area contributed by atoms with E-state index in [2.05, 4.69) is 169 Å². The average molecular weight is 627 g/mol. The molecular weight excluding hydrogens is 585 g/mol. The van der Waals surface area contributed by atoms with Gasteiger partial charge < -0.3 is 9.13 Å². The Morgan fingerprint density at radius 1 is 0.383 bits per heavy atom. The van der Waals surface area contributed by atoms with Gasteiger partial charge >= 0.3 is 0 Å². The van der Waals surface area contributed by atoms with Crippen LogP contribution in [0, 0.1) is 0 Å². The van der Waals surface area contributed by atoms with Gasteiger partial charge in [-0.1, -0.05) is 147 Å². The molecule has 0 radical (unpaired) electrons. The maximum Gasteiger partial charge on any atom is 0.118 e. The van der Waals surface area contributed by atoms with Gasteiger partial charge in [-0.05, 0) is 60.6 Å². The number of aromatic nitrogens is 2. The number of para-hydroxylation sites is 4. The molecule has 0 N–H and O–H groups in total. The van der Waals surface area contributed by atoms with Crippen LogP contribution in [0.1, 0.15) is 39.5 Å². The Labute approximate surface area is 278 Å². The van der Waals surface area contributed by atoms with E-state index in [1.807, 2.05) is 0 Å². The van der Waals surface area contributed by atoms with Crippen molar-refractivity contribution in [3.63, 3.8) is 0 Å². The van der Waals surface area contributed by atoms with Gasteiger partial charge in [0.15, 0.2) is 0 Å². The van der Waals surface area contributed by atoms with Crippen molar-refractivity contribution < 1.29 is 0 Å². The van der Waals surface area contributed by atoms with Gasteiger partial charge in [0.05, 0.1) is 22.1 Å². The molecule has 47 heavy (non-hydrogen) atoms. The second-order valence-electron chi connectivity index (χ2n) is 13.1. The maximum atomic E-state index is 2.48. The lowest BCUT2D eigenvalue weighted by molar-refractivity contribution is 0.838. The summed E-state index contributed by atoms with van der Waals surface area (Å²) in [5.41, 5.74) is 7.54. The summed E-state index contributed by atoms with van der Waals surface area (Å²) in [6.07, 6.45) is 4.97. The molecule has 0 amide bonds. The first kappa shape index (κ1) is 29.5. The topological polar surface area (TPSA) is 9.86 Å². The molecule has 8 aromatic rings. The summed E-state index contributed by atoms with van der Waals surface area (Å²) in [4.78, 5) is 0. The summed E-state index contributed by atoms with van der Waals surface area (Å²) < 4.78 is 4.88. The largest absolute Gasteiger partial charge is 0.309 e. The Morgan fingerprint density at radius 3 is 0.979 bits per heavy atom. The number of benzene rings is 6. The number of rotatable bonds is 10. The first-order valence-corrected chi connectivity index (χ1v) is 19.8. The van der Waals surface area contributed by atoms with E-state index in [0.717, 1.165) is 0 Å². The molecule has 0 aliphatic carbocycles. The van der Waals surface area contributed by atoms with Gasteiger partial charge in [-0.3, -0.25) is 0 Å². The first-order valence-electron chi connectivity index (χ1n) is 17.4. The van der Waals surface area contributed by atoms with Crippen LogP contribution in [0.15, 0.2) is 146 Å². The minimum atomic E-state index is -2.04. The van der Waals surface area contributed by atoms with Crippen molar-refractivity contribution in [1.82, 2.24) is 9.13 Å². The van der Waals surface area contributed by atoms with Gasteiger partial charge in [0.2, 0.25) is 0 Å². The van der Waals surface area contributed by atoms with Crippen LogP contribution in [0.4, 0.5) is 0 Å². The number of hydrogen-bond acceptors (Lipinski definition) is 0. The fourth-order valence-corrected chi connectivity index (χ4v) is 13.3. The minimum Gasteiger partial charge on any atom is -0.309 e. The normalized spacial score (nSPS) is 12.1. The molecule has 2 aromatic heterocycles. The summed E-state index contributed by atoms with van der Waals surface area (Å²) in [5, 5.41) is 8.37. The molecule has 0 aliphatic rings. The fraction of sp³-hybridized carbons (Fsp3) is 0.182. The average Bonchev–Trinajstić information content (AvgIpc) is 3.65. The lowest BCUT2D eigenvalue weighted by atomic mass is 10.2. The molecule has 2 nitrogen and oxygen atoms in total. The van der Waals surface area contributed by atoms with E-state index < -0.39 is 8.07 Å². The third-order valence-corrected chi connectivity index (χ3v) is 15.7. The van der Waals surface area contributed by atoms with Crippen molar-refractivity contribution in [2.75, 3.05) is 0 Å². The number of fused-ring (bicyclic) bond motifs is 6. The predicted octanol–water partition coefficient (Wildman–Crippen LogP) is 11.0. The highest BCUT2D eigenvalue weighted by Crippen LogP contribution is 2.34. The fourth-order valence-electron chi connectivity index (χ4n) is 8.09. The van der Waals surface area contributed by atoms with E-state index in [4.69, 9.17) is 0 Å². The van der Waals surface area contributed by atoms with E-state index in [1.165, 1.54) is 92.8 Å². The molecule has 0 saturated carbocycles. The van der Waals surface area contributed by atoms with Crippen LogP contribution in [0.25, 0.3) is 55.0 Å². The van der Waals surface area contributed by atoms with Crippen molar-refractivity contribution in [2.24, 2.45) is 0 Å². The minimum absolute atomic E-state index is 1.22. The molecular formula is C44H42N2Si. The van der Waals surface area contributed by atoms with Gasteiger partial charge in [-0.15, -0.1) is 0 Å². The summed E-state index contributed by atoms with van der Waals surface area (Å²) in [5.74, 6) is 0. The van der Waals surface area contributed by atoms with E-state index in [9.17, 15) is 0 Å². The van der Waals surface area contributed by atoms with Crippen molar-refractivity contribution >= 4 is 62.1 Å². The third kappa shape index (κ3) is 4.92. The molecule has 0 bridgehead atoms. The third-order valence-electron chi connectivity index (χ3n) is 10.4. The summed E-state index contributed by atoms with van der Waals surface area (Å²) in [6.45, 7) is 4.69. The molecule has 3 heteroatoms. The summed E-state index contributed by atoms with van der Waals surface area (Å²) >= 11 is 0. The number of hydrogen-bond donors (Lipinski definition) is 0. The van der Waals surface area contributed by atoms with E-state index >= 15 is 0 Å². The zero-order valence-corrected chi connectivity index (χ0v) is 28.5. The van der Waals surface area contributed by atoms with Crippen molar-refractivity contribution in [3.05, 3.63) is 146 Å². The zero-order chi connectivity index (χ0) is 31.8. The summed E-state index contributed by atoms with van der Waals surface area (Å²) in [6, 6.07) is 57.3. The molecule has 0 aliphatic heterocycles. The Morgan fingerprint density at radius 2 is 0.681 bits per heavy atom. The van der Waals surface area contributed by atoms with Crippen molar-refractivity contribution in [2.45, 2.75) is 51.6 Å². The molecule has 6 aromatic carbocycles. The van der Waals surface area contributed by atoms with E-state index in [0.29, 0.717) is 0 Å². The molecule has 0 fully saturated rings. The van der Waals surface area contributed by atoms with Crippen molar-refractivity contribution in [1.29, 1.82) is 0 Å². The second kappa shape index (κ2) is 12.4. The van der Waals surface area contributed by atoms with Gasteiger partial charge in [-0.2, -0.15) is 0 Å². The Balaban J connectivity index is 1.24. The molecule has 2 heterocycles. The molecule has 232 valence electrons. The highest BCUT2D eigenvalue weighted by Gasteiger charge is 2.36. The van der Waals surface area contributed by atoms with Crippen LogP contribution < -0.4 is 10.4 Å². The van der Waals surface area contributed by atoms with Crippen LogP contribution in [-0.4, -0.2) is 17.2 Å². The predicted molar refractivity (Wildman–Crippen MR) is 206 cm³/mol. The summed E-state index contributed by atoms with van der Waals surface area (Å²) in [7, 11) is -2.04. The van der Waals surface area contributed by atoms with Crippen LogP contribution in [0.5, 0.6) is 0 Å². The van der Waals surface area contributed by atoms with Crippen molar-refractivity contribution in [3.8, 4) is 11.4 Å². The van der Waals surface area contributed by atoms with Gasteiger partial charge in [0, 0.05) is 32.9 Å². The smallest absolute Gasteiger partial charge is 0.118 e. The van der Waals surface area contributed by atoms with Crippen LogP contribution in [-0.2, 0) is 0 Å². The molecule has 0 saturated heterocycles. The van der Waals surface area contributed by atoms with Crippen LogP contribution >= 0.6 is 0 Å². The molecule has 0 atom stereocenters. The number of unbranched alkanes of at least 4 members (excludes halogenated alkanes) is 2. The monoisotopic (exact) mass is 626 g/mol. The van der Waals surface area contributed by atoms with E-state index in [-0.39, 0.29) is 0 Å². The highest BCUT2D eigenvalue weighted by atomic mass is 28.3. The maximum absolute atomic E-state index is 2.48. The van der Waals surface area contributed by atoms with E-state index in [1.54, 1.807) is 10.4 Å². The standard InChI is InChI=1S/C44H42N2Si/c1-3-5-31-47(32-6-4-2,35-27-23-33(24-28-35)45-41-19-11-7-15-37(41)38-16-8-12-20-42(38)45)36-29-25-34(26-30-36)46-43-21-13-9-17-39(43)40-18-10-14-22-44(40)46/h7-30H,3-6,31-32H2,1-2H3. The van der Waals surface area contributed by atoms with Crippen LogP contribution in [0.2, 0.25) is 12.1 Å². The molecule has 0 spiro atoms. The zero-order valence-electron chi connectivity index (χ0n) is 27.5. The number of nitrogens with zero attached hydrogens (tertiary/aromatic N) is 2. The Kier molecular flexibility index (Phi) is 7.78. The molecule has 0 unspecified atom stereocenters. The van der Waals surface area contributed by atoms with Gasteiger partial charge in [0.25, 0.3) is 0 Å². The SMILES string of the molecule is CCCC[Si](CCCC)(c1ccc(-n2c3ccccc3c3ccccc32)cc1)c1ccc(-n2c3ccccc3c3ccccc32)cc1. The van der Waals surface area contributed by atoms with Crippen LogP contribution in [0.3, 0.4) is 0 Å². The van der Waals surface area contributed by atoms with Gasteiger partial charge in [0.1, 0.15) is 8.07 Å². The van der Waals surface area contributed by atoms with Gasteiger partial charge in [-0.25, -0.2) is 0 Å². The Bertz CT molecular complexity index is 2050. The lowest BCUT2D eigenvalue weighted by Gasteiger charge is -2.34. The molecule has 8 rings (SSSR count). The highest BCUT2D eigenvalue weighted by molar-refractivity contribution is 7.02. The quantitative estimate of drug-likeness (QED) is 0.134. The second-order valence-corrected chi connectivity index (χ2v) is 17.4. The lowest BCUT2D eigenvalue weighted by Crippen LogP contribution is -2.58. The first-order chi connectivity index (χ1) is 23.2.